The number of rotatable bonds is 3. The van der Waals surface area contributed by atoms with Crippen molar-refractivity contribution in [1.82, 2.24) is 19.7 Å². The number of pyridine rings is 2. The molecule has 0 bridgehead atoms. The lowest BCUT2D eigenvalue weighted by molar-refractivity contribution is -0.114. The van der Waals surface area contributed by atoms with E-state index in [9.17, 15) is 4.79 Å². The Balaban J connectivity index is 1.96. The lowest BCUT2D eigenvalue weighted by Crippen LogP contribution is -2.05. The Kier molecular flexibility index (Phi) is 3.93. The van der Waals surface area contributed by atoms with E-state index in [4.69, 9.17) is 4.98 Å². The molecule has 0 saturated carbocycles. The van der Waals surface area contributed by atoms with E-state index < -0.39 is 0 Å². The number of anilines is 1. The number of fused-ring (bicyclic) bond motifs is 1. The number of amides is 1. The number of hydrogen-bond acceptors (Lipinski definition) is 4. The highest BCUT2D eigenvalue weighted by molar-refractivity contribution is 5.99. The predicted octanol–water partition coefficient (Wildman–Crippen LogP) is 3.66. The first-order valence-electron chi connectivity index (χ1n) is 8.23. The maximum absolute atomic E-state index is 11.4. The smallest absolute Gasteiger partial charge is 0.221 e. The Bertz CT molecular complexity index is 1100. The molecule has 3 heterocycles. The van der Waals surface area contributed by atoms with Crippen molar-refractivity contribution in [3.63, 3.8) is 0 Å². The van der Waals surface area contributed by atoms with Crippen molar-refractivity contribution < 1.29 is 4.79 Å². The van der Waals surface area contributed by atoms with E-state index in [2.05, 4.69) is 15.4 Å². The van der Waals surface area contributed by atoms with Crippen molar-refractivity contribution in [2.75, 3.05) is 5.32 Å². The van der Waals surface area contributed by atoms with Crippen LogP contribution in [-0.4, -0.2) is 25.7 Å². The highest BCUT2D eigenvalue weighted by atomic mass is 16.1. The summed E-state index contributed by atoms with van der Waals surface area (Å²) in [4.78, 5) is 20.6. The topological polar surface area (TPSA) is 72.7 Å². The molecule has 0 aliphatic rings. The van der Waals surface area contributed by atoms with Crippen LogP contribution in [-0.2, 0) is 11.8 Å². The van der Waals surface area contributed by atoms with Crippen LogP contribution in [0.4, 0.5) is 5.69 Å². The molecule has 1 aromatic carbocycles. The molecule has 4 rings (SSSR count). The number of aryl methyl sites for hydroxylation is 1. The molecule has 0 aliphatic carbocycles. The zero-order valence-corrected chi connectivity index (χ0v) is 14.5. The van der Waals surface area contributed by atoms with Crippen LogP contribution in [0.3, 0.4) is 0 Å². The van der Waals surface area contributed by atoms with E-state index in [0.717, 1.165) is 33.4 Å². The Morgan fingerprint density at radius 3 is 2.69 bits per heavy atom. The zero-order chi connectivity index (χ0) is 18.1. The van der Waals surface area contributed by atoms with E-state index in [1.54, 1.807) is 17.1 Å². The maximum atomic E-state index is 11.4. The lowest BCUT2D eigenvalue weighted by Gasteiger charge is -2.10. The van der Waals surface area contributed by atoms with Gasteiger partial charge in [-0.15, -0.1) is 0 Å². The minimum absolute atomic E-state index is 0.113. The molecule has 0 spiro atoms. The van der Waals surface area contributed by atoms with E-state index in [0.29, 0.717) is 5.69 Å². The summed E-state index contributed by atoms with van der Waals surface area (Å²) in [6.45, 7) is 1.49. The molecular weight excluding hydrogens is 326 g/mol. The van der Waals surface area contributed by atoms with Crippen LogP contribution in [0, 0.1) is 0 Å². The molecule has 0 atom stereocenters. The normalized spacial score (nSPS) is 10.8. The molecule has 26 heavy (non-hydrogen) atoms. The third-order valence-corrected chi connectivity index (χ3v) is 4.07. The second-order valence-corrected chi connectivity index (χ2v) is 6.09. The van der Waals surface area contributed by atoms with E-state index >= 15 is 0 Å². The van der Waals surface area contributed by atoms with Gasteiger partial charge in [0.05, 0.1) is 23.1 Å². The number of nitrogens with one attached hydrogen (secondary N) is 1. The van der Waals surface area contributed by atoms with Crippen LogP contribution in [0.1, 0.15) is 6.92 Å². The number of nitrogens with zero attached hydrogens (tertiary/aromatic N) is 4. The number of carbonyl (C=O) groups excluding carboxylic acids is 1. The summed E-state index contributed by atoms with van der Waals surface area (Å²) in [5.41, 5.74) is 5.11. The Morgan fingerprint density at radius 2 is 2.00 bits per heavy atom. The molecule has 128 valence electrons. The quantitative estimate of drug-likeness (QED) is 0.616. The van der Waals surface area contributed by atoms with Crippen molar-refractivity contribution in [3.05, 3.63) is 61.1 Å². The van der Waals surface area contributed by atoms with E-state index in [1.165, 1.54) is 6.92 Å². The van der Waals surface area contributed by atoms with Gasteiger partial charge in [0.1, 0.15) is 0 Å². The van der Waals surface area contributed by atoms with Crippen LogP contribution in [0.25, 0.3) is 33.4 Å². The van der Waals surface area contributed by atoms with Gasteiger partial charge in [0, 0.05) is 48.6 Å². The molecule has 6 nitrogen and oxygen atoms in total. The van der Waals surface area contributed by atoms with Gasteiger partial charge in [0.25, 0.3) is 0 Å². The minimum atomic E-state index is -0.113. The summed E-state index contributed by atoms with van der Waals surface area (Å²) in [6.07, 6.45) is 5.49. The van der Waals surface area contributed by atoms with Crippen molar-refractivity contribution in [3.8, 4) is 22.5 Å². The Labute approximate surface area is 150 Å². The fraction of sp³-hybridized carbons (Fsp3) is 0.100. The summed E-state index contributed by atoms with van der Waals surface area (Å²) >= 11 is 0. The standard InChI is InChI=1S/C20H17N5O/c1-13(26)23-15-6-7-16-17(18-5-3-4-8-21-18)10-19(24-20(16)9-15)14-11-22-25(2)12-14/h3-12H,1-2H3,(H,23,26). The number of aromatic nitrogens is 4. The molecule has 1 amide bonds. The number of carbonyl (C=O) groups is 1. The average Bonchev–Trinajstić information content (AvgIpc) is 3.07. The third-order valence-electron chi connectivity index (χ3n) is 4.07. The number of benzene rings is 1. The first-order chi connectivity index (χ1) is 12.6. The molecule has 0 aliphatic heterocycles. The molecule has 1 N–H and O–H groups in total. The summed E-state index contributed by atoms with van der Waals surface area (Å²) in [6, 6.07) is 13.6. The first-order valence-corrected chi connectivity index (χ1v) is 8.23. The molecule has 0 fully saturated rings. The Hall–Kier alpha value is -3.54. The van der Waals surface area contributed by atoms with Gasteiger partial charge in [-0.05, 0) is 30.3 Å². The van der Waals surface area contributed by atoms with Crippen LogP contribution >= 0.6 is 0 Å². The minimum Gasteiger partial charge on any atom is -0.326 e. The predicted molar refractivity (Wildman–Crippen MR) is 101 cm³/mol. The molecule has 3 aromatic heterocycles. The fourth-order valence-corrected chi connectivity index (χ4v) is 2.94. The van der Waals surface area contributed by atoms with Gasteiger partial charge in [-0.2, -0.15) is 5.10 Å². The monoisotopic (exact) mass is 343 g/mol. The average molecular weight is 343 g/mol. The molecule has 0 unspecified atom stereocenters. The molecule has 6 heteroatoms. The summed E-state index contributed by atoms with van der Waals surface area (Å²) in [5, 5.41) is 8.02. The van der Waals surface area contributed by atoms with Gasteiger partial charge in [-0.25, -0.2) is 4.98 Å². The highest BCUT2D eigenvalue weighted by Crippen LogP contribution is 2.32. The van der Waals surface area contributed by atoms with Gasteiger partial charge in [-0.3, -0.25) is 14.5 Å². The van der Waals surface area contributed by atoms with E-state index in [-0.39, 0.29) is 5.91 Å². The van der Waals surface area contributed by atoms with Gasteiger partial charge < -0.3 is 5.32 Å². The molecular formula is C20H17N5O. The lowest BCUT2D eigenvalue weighted by atomic mass is 10.0. The van der Waals surface area contributed by atoms with Crippen molar-refractivity contribution in [1.29, 1.82) is 0 Å². The van der Waals surface area contributed by atoms with E-state index in [1.807, 2.05) is 55.7 Å². The third kappa shape index (κ3) is 3.04. The first kappa shape index (κ1) is 16.0. The summed E-state index contributed by atoms with van der Waals surface area (Å²) < 4.78 is 1.75. The van der Waals surface area contributed by atoms with Crippen LogP contribution in [0.5, 0.6) is 0 Å². The second-order valence-electron chi connectivity index (χ2n) is 6.09. The zero-order valence-electron chi connectivity index (χ0n) is 14.5. The highest BCUT2D eigenvalue weighted by Gasteiger charge is 2.12. The van der Waals surface area contributed by atoms with Crippen LogP contribution in [0.15, 0.2) is 61.1 Å². The van der Waals surface area contributed by atoms with Crippen molar-refractivity contribution in [2.45, 2.75) is 6.92 Å². The second kappa shape index (κ2) is 6.40. The maximum Gasteiger partial charge on any atom is 0.221 e. The fourth-order valence-electron chi connectivity index (χ4n) is 2.94. The largest absolute Gasteiger partial charge is 0.326 e. The molecule has 0 radical (unpaired) electrons. The van der Waals surface area contributed by atoms with Gasteiger partial charge in [0.15, 0.2) is 0 Å². The summed E-state index contributed by atoms with van der Waals surface area (Å²) in [5.74, 6) is -0.113. The SMILES string of the molecule is CC(=O)Nc1ccc2c(-c3ccccn3)cc(-c3cnn(C)c3)nc2c1. The molecule has 4 aromatic rings. The van der Waals surface area contributed by atoms with Gasteiger partial charge >= 0.3 is 0 Å². The van der Waals surface area contributed by atoms with Crippen LogP contribution in [0.2, 0.25) is 0 Å². The van der Waals surface area contributed by atoms with Crippen molar-refractivity contribution >= 4 is 22.5 Å². The molecule has 0 saturated heterocycles. The van der Waals surface area contributed by atoms with Gasteiger partial charge in [0.2, 0.25) is 5.91 Å². The van der Waals surface area contributed by atoms with Crippen LogP contribution < -0.4 is 5.32 Å². The summed E-state index contributed by atoms with van der Waals surface area (Å²) in [7, 11) is 1.87. The van der Waals surface area contributed by atoms with Crippen molar-refractivity contribution in [2.24, 2.45) is 7.05 Å². The Morgan fingerprint density at radius 1 is 1.12 bits per heavy atom. The number of hydrogen-bond donors (Lipinski definition) is 1. The van der Waals surface area contributed by atoms with Gasteiger partial charge in [-0.1, -0.05) is 12.1 Å².